The highest BCUT2D eigenvalue weighted by Gasteiger charge is 2.33. The molecule has 0 radical (unpaired) electrons. The van der Waals surface area contributed by atoms with Crippen LogP contribution in [0.5, 0.6) is 5.75 Å². The molecule has 1 atom stereocenters. The summed E-state index contributed by atoms with van der Waals surface area (Å²) in [5.74, 6) is 0.421. The first-order chi connectivity index (χ1) is 12.5. The van der Waals surface area contributed by atoms with Gasteiger partial charge in [-0.3, -0.25) is 9.59 Å². The molecule has 5 nitrogen and oxygen atoms in total. The average Bonchev–Trinajstić information content (AvgIpc) is 2.95. The SMILES string of the molecule is CCOc1ccc(C(=O)N[C@@H]2CCN(c3cc(C)cc(C)c3)C2=O)cc1. The van der Waals surface area contributed by atoms with Crippen molar-refractivity contribution in [1.29, 1.82) is 0 Å². The molecule has 0 spiro atoms. The summed E-state index contributed by atoms with van der Waals surface area (Å²) in [5, 5.41) is 2.85. The lowest BCUT2D eigenvalue weighted by atomic mass is 10.1. The van der Waals surface area contributed by atoms with E-state index in [2.05, 4.69) is 11.4 Å². The van der Waals surface area contributed by atoms with Crippen molar-refractivity contribution in [2.24, 2.45) is 0 Å². The van der Waals surface area contributed by atoms with Crippen molar-refractivity contribution in [2.75, 3.05) is 18.1 Å². The normalized spacial score (nSPS) is 16.7. The lowest BCUT2D eigenvalue weighted by Gasteiger charge is -2.18. The monoisotopic (exact) mass is 352 g/mol. The second kappa shape index (κ2) is 7.60. The minimum absolute atomic E-state index is 0.0608. The Balaban J connectivity index is 1.67. The lowest BCUT2D eigenvalue weighted by molar-refractivity contribution is -0.118. The van der Waals surface area contributed by atoms with Crippen LogP contribution in [0, 0.1) is 13.8 Å². The van der Waals surface area contributed by atoms with Crippen molar-refractivity contribution >= 4 is 17.5 Å². The van der Waals surface area contributed by atoms with E-state index < -0.39 is 6.04 Å². The van der Waals surface area contributed by atoms with E-state index in [1.807, 2.05) is 32.9 Å². The number of carbonyl (C=O) groups excluding carboxylic acids is 2. The summed E-state index contributed by atoms with van der Waals surface area (Å²) in [5.41, 5.74) is 3.65. The maximum Gasteiger partial charge on any atom is 0.251 e. The molecule has 5 heteroatoms. The van der Waals surface area contributed by atoms with Gasteiger partial charge in [0.15, 0.2) is 0 Å². The van der Waals surface area contributed by atoms with E-state index in [0.29, 0.717) is 25.1 Å². The minimum Gasteiger partial charge on any atom is -0.494 e. The Morgan fingerprint density at radius 3 is 2.42 bits per heavy atom. The first-order valence-electron chi connectivity index (χ1n) is 8.91. The van der Waals surface area contributed by atoms with Gasteiger partial charge in [-0.05, 0) is 74.7 Å². The molecular formula is C21H24N2O3. The molecule has 0 bridgehead atoms. The standard InChI is InChI=1S/C21H24N2O3/c1-4-26-18-7-5-16(6-8-18)20(24)22-19-9-10-23(21(19)25)17-12-14(2)11-15(3)13-17/h5-8,11-13,19H,4,9-10H2,1-3H3,(H,22,24)/t19-/m1/s1. The molecule has 2 amide bonds. The first kappa shape index (κ1) is 18.0. The van der Waals surface area contributed by atoms with Crippen molar-refractivity contribution in [2.45, 2.75) is 33.2 Å². The van der Waals surface area contributed by atoms with E-state index in [4.69, 9.17) is 4.74 Å². The zero-order valence-electron chi connectivity index (χ0n) is 15.4. The Labute approximate surface area is 154 Å². The predicted molar refractivity (Wildman–Crippen MR) is 102 cm³/mol. The molecule has 1 fully saturated rings. The molecule has 0 unspecified atom stereocenters. The summed E-state index contributed by atoms with van der Waals surface area (Å²) in [6, 6.07) is 12.5. The van der Waals surface area contributed by atoms with Gasteiger partial charge in [0.05, 0.1) is 6.61 Å². The third-order valence-corrected chi connectivity index (χ3v) is 4.46. The number of aryl methyl sites for hydroxylation is 2. The van der Waals surface area contributed by atoms with Gasteiger partial charge in [0.2, 0.25) is 5.91 Å². The first-order valence-corrected chi connectivity index (χ1v) is 8.91. The number of anilines is 1. The second-order valence-electron chi connectivity index (χ2n) is 6.61. The fraction of sp³-hybridized carbons (Fsp3) is 0.333. The number of hydrogen-bond acceptors (Lipinski definition) is 3. The van der Waals surface area contributed by atoms with Crippen LogP contribution in [-0.4, -0.2) is 31.0 Å². The molecule has 2 aromatic carbocycles. The van der Waals surface area contributed by atoms with Crippen LogP contribution in [0.4, 0.5) is 5.69 Å². The summed E-state index contributed by atoms with van der Waals surface area (Å²) in [6.07, 6.45) is 0.606. The smallest absolute Gasteiger partial charge is 0.251 e. The van der Waals surface area contributed by atoms with E-state index >= 15 is 0 Å². The van der Waals surface area contributed by atoms with Gasteiger partial charge in [-0.1, -0.05) is 6.07 Å². The van der Waals surface area contributed by atoms with Crippen molar-refractivity contribution in [3.8, 4) is 5.75 Å². The third-order valence-electron chi connectivity index (χ3n) is 4.46. The van der Waals surface area contributed by atoms with Crippen molar-refractivity contribution in [3.05, 3.63) is 59.2 Å². The number of ether oxygens (including phenoxy) is 1. The fourth-order valence-electron chi connectivity index (χ4n) is 3.29. The molecular weight excluding hydrogens is 328 g/mol. The van der Waals surface area contributed by atoms with Crippen LogP contribution in [0.15, 0.2) is 42.5 Å². The largest absolute Gasteiger partial charge is 0.494 e. The molecule has 0 aliphatic carbocycles. The molecule has 0 saturated carbocycles. The van der Waals surface area contributed by atoms with Gasteiger partial charge in [0.25, 0.3) is 5.91 Å². The number of amides is 2. The zero-order chi connectivity index (χ0) is 18.7. The quantitative estimate of drug-likeness (QED) is 0.899. The van der Waals surface area contributed by atoms with Crippen LogP contribution in [0.2, 0.25) is 0 Å². The number of benzene rings is 2. The summed E-state index contributed by atoms with van der Waals surface area (Å²) in [4.78, 5) is 26.9. The van der Waals surface area contributed by atoms with Gasteiger partial charge < -0.3 is 15.0 Å². The molecule has 1 heterocycles. The molecule has 1 saturated heterocycles. The minimum atomic E-state index is -0.491. The van der Waals surface area contributed by atoms with E-state index in [-0.39, 0.29) is 11.8 Å². The zero-order valence-corrected chi connectivity index (χ0v) is 15.4. The molecule has 3 rings (SSSR count). The lowest BCUT2D eigenvalue weighted by Crippen LogP contribution is -2.41. The maximum atomic E-state index is 12.7. The fourth-order valence-corrected chi connectivity index (χ4v) is 3.29. The molecule has 136 valence electrons. The van der Waals surface area contributed by atoms with Crippen LogP contribution in [0.1, 0.15) is 34.8 Å². The number of nitrogens with zero attached hydrogens (tertiary/aromatic N) is 1. The van der Waals surface area contributed by atoms with Gasteiger partial charge in [-0.15, -0.1) is 0 Å². The van der Waals surface area contributed by atoms with Crippen molar-refractivity contribution in [1.82, 2.24) is 5.32 Å². The van der Waals surface area contributed by atoms with E-state index in [9.17, 15) is 9.59 Å². The van der Waals surface area contributed by atoms with E-state index in [1.54, 1.807) is 29.2 Å². The summed E-state index contributed by atoms with van der Waals surface area (Å²) in [6.45, 7) is 7.13. The van der Waals surface area contributed by atoms with Gasteiger partial charge in [-0.25, -0.2) is 0 Å². The predicted octanol–water partition coefficient (Wildman–Crippen LogP) is 3.24. The van der Waals surface area contributed by atoms with Gasteiger partial charge >= 0.3 is 0 Å². The second-order valence-corrected chi connectivity index (χ2v) is 6.61. The average molecular weight is 352 g/mol. The molecule has 0 aromatic heterocycles. The Bertz CT molecular complexity index is 794. The van der Waals surface area contributed by atoms with Gasteiger partial charge in [0, 0.05) is 17.8 Å². The van der Waals surface area contributed by atoms with E-state index in [0.717, 1.165) is 22.6 Å². The van der Waals surface area contributed by atoms with Crippen LogP contribution >= 0.6 is 0 Å². The maximum absolute atomic E-state index is 12.7. The highest BCUT2D eigenvalue weighted by molar-refractivity contribution is 6.04. The Morgan fingerprint density at radius 2 is 1.81 bits per heavy atom. The van der Waals surface area contributed by atoms with Crippen LogP contribution in [0.25, 0.3) is 0 Å². The number of hydrogen-bond donors (Lipinski definition) is 1. The molecule has 1 N–H and O–H groups in total. The number of nitrogens with one attached hydrogen (secondary N) is 1. The van der Waals surface area contributed by atoms with E-state index in [1.165, 1.54) is 0 Å². The highest BCUT2D eigenvalue weighted by Crippen LogP contribution is 2.24. The van der Waals surface area contributed by atoms with Crippen LogP contribution in [0.3, 0.4) is 0 Å². The van der Waals surface area contributed by atoms with Crippen molar-refractivity contribution < 1.29 is 14.3 Å². The summed E-state index contributed by atoms with van der Waals surface area (Å²) >= 11 is 0. The highest BCUT2D eigenvalue weighted by atomic mass is 16.5. The molecule has 1 aliphatic rings. The van der Waals surface area contributed by atoms with Crippen LogP contribution in [-0.2, 0) is 4.79 Å². The summed E-state index contributed by atoms with van der Waals surface area (Å²) < 4.78 is 5.38. The topological polar surface area (TPSA) is 58.6 Å². The Morgan fingerprint density at radius 1 is 1.15 bits per heavy atom. The molecule has 2 aromatic rings. The number of carbonyl (C=O) groups is 2. The Kier molecular flexibility index (Phi) is 5.26. The Hall–Kier alpha value is -2.82. The van der Waals surface area contributed by atoms with Crippen LogP contribution < -0.4 is 15.0 Å². The molecule has 1 aliphatic heterocycles. The molecule has 26 heavy (non-hydrogen) atoms. The number of rotatable bonds is 5. The van der Waals surface area contributed by atoms with Gasteiger partial charge in [0.1, 0.15) is 11.8 Å². The van der Waals surface area contributed by atoms with Gasteiger partial charge in [-0.2, -0.15) is 0 Å². The third kappa shape index (κ3) is 3.87. The van der Waals surface area contributed by atoms with Crippen molar-refractivity contribution in [3.63, 3.8) is 0 Å². The summed E-state index contributed by atoms with van der Waals surface area (Å²) in [7, 11) is 0.